The summed E-state index contributed by atoms with van der Waals surface area (Å²) in [4.78, 5) is 37.9. The maximum absolute atomic E-state index is 14.5. The molecule has 0 unspecified atom stereocenters. The SMILES string of the molecule is Cc1cn2cc(NC(=O)c3ccc(N4CCN(C(=O)OC(C)(C)C)CC4)c4ncnnc34)cc(F)c2n1. The van der Waals surface area contributed by atoms with Crippen LogP contribution in [0.15, 0.2) is 36.9 Å². The minimum atomic E-state index is -0.557. The molecule has 1 aromatic carbocycles. The van der Waals surface area contributed by atoms with E-state index in [4.69, 9.17) is 4.74 Å². The van der Waals surface area contributed by atoms with Crippen molar-refractivity contribution in [3.63, 3.8) is 0 Å². The molecule has 3 aromatic heterocycles. The van der Waals surface area contributed by atoms with Gasteiger partial charge in [0.2, 0.25) is 0 Å². The summed E-state index contributed by atoms with van der Waals surface area (Å²) in [6.45, 7) is 9.38. The van der Waals surface area contributed by atoms with Crippen molar-refractivity contribution < 1.29 is 18.7 Å². The molecular weight excluding hydrogens is 479 g/mol. The average Bonchev–Trinajstić information content (AvgIpc) is 3.23. The predicted molar refractivity (Wildman–Crippen MR) is 135 cm³/mol. The first kappa shape index (κ1) is 24.3. The molecule has 12 heteroatoms. The van der Waals surface area contributed by atoms with Crippen molar-refractivity contribution in [2.24, 2.45) is 0 Å². The highest BCUT2D eigenvalue weighted by Gasteiger charge is 2.27. The largest absolute Gasteiger partial charge is 0.444 e. The van der Waals surface area contributed by atoms with Gasteiger partial charge in [0.25, 0.3) is 5.91 Å². The highest BCUT2D eigenvalue weighted by molar-refractivity contribution is 6.13. The van der Waals surface area contributed by atoms with Crippen LogP contribution in [-0.2, 0) is 4.74 Å². The highest BCUT2D eigenvalue weighted by atomic mass is 19.1. The monoisotopic (exact) mass is 506 g/mol. The summed E-state index contributed by atoms with van der Waals surface area (Å²) in [7, 11) is 0. The molecule has 0 atom stereocenters. The number of anilines is 2. The lowest BCUT2D eigenvalue weighted by Crippen LogP contribution is -2.50. The fourth-order valence-corrected chi connectivity index (χ4v) is 4.31. The van der Waals surface area contributed by atoms with E-state index in [9.17, 15) is 14.0 Å². The molecule has 1 fully saturated rings. The van der Waals surface area contributed by atoms with Crippen molar-refractivity contribution in [2.75, 3.05) is 36.4 Å². The number of ether oxygens (including phenoxy) is 1. The van der Waals surface area contributed by atoms with Crippen molar-refractivity contribution in [1.29, 1.82) is 0 Å². The van der Waals surface area contributed by atoms with Gasteiger partial charge in [0.1, 0.15) is 23.0 Å². The lowest BCUT2D eigenvalue weighted by Gasteiger charge is -2.37. The molecule has 4 heterocycles. The zero-order chi connectivity index (χ0) is 26.3. The molecule has 2 amide bonds. The Labute approximate surface area is 212 Å². The zero-order valence-corrected chi connectivity index (χ0v) is 21.0. The summed E-state index contributed by atoms with van der Waals surface area (Å²) in [5.41, 5.74) is 2.45. The Bertz CT molecular complexity index is 1510. The number of imidazole rings is 1. The van der Waals surface area contributed by atoms with Gasteiger partial charge in [0, 0.05) is 44.6 Å². The molecule has 11 nitrogen and oxygen atoms in total. The molecule has 0 bridgehead atoms. The third kappa shape index (κ3) is 4.99. The van der Waals surface area contributed by atoms with Gasteiger partial charge >= 0.3 is 6.09 Å². The molecule has 1 aliphatic heterocycles. The Hall–Kier alpha value is -4.35. The normalized spacial score (nSPS) is 14.3. The van der Waals surface area contributed by atoms with Gasteiger partial charge in [0.05, 0.1) is 22.6 Å². The number of amides is 2. The van der Waals surface area contributed by atoms with Crippen LogP contribution in [0, 0.1) is 12.7 Å². The molecule has 0 aliphatic carbocycles. The Morgan fingerprint density at radius 1 is 1.08 bits per heavy atom. The zero-order valence-electron chi connectivity index (χ0n) is 21.0. The number of nitrogens with zero attached hydrogens (tertiary/aromatic N) is 7. The number of hydrogen-bond acceptors (Lipinski definition) is 8. The molecule has 37 heavy (non-hydrogen) atoms. The third-order valence-corrected chi connectivity index (χ3v) is 5.93. The van der Waals surface area contributed by atoms with E-state index >= 15 is 0 Å². The van der Waals surface area contributed by atoms with Crippen LogP contribution in [0.5, 0.6) is 0 Å². The molecule has 192 valence electrons. The highest BCUT2D eigenvalue weighted by Crippen LogP contribution is 2.28. The van der Waals surface area contributed by atoms with Crippen LogP contribution in [0.2, 0.25) is 0 Å². The van der Waals surface area contributed by atoms with E-state index in [-0.39, 0.29) is 23.0 Å². The number of pyridine rings is 1. The summed E-state index contributed by atoms with van der Waals surface area (Å²) in [6.07, 6.45) is 4.26. The molecule has 5 rings (SSSR count). The Morgan fingerprint density at radius 3 is 2.57 bits per heavy atom. The van der Waals surface area contributed by atoms with Gasteiger partial charge in [-0.25, -0.2) is 19.2 Å². The smallest absolute Gasteiger partial charge is 0.410 e. The van der Waals surface area contributed by atoms with E-state index in [2.05, 4.69) is 30.4 Å². The second kappa shape index (κ2) is 9.26. The second-order valence-electron chi connectivity index (χ2n) is 9.89. The first-order valence-corrected chi connectivity index (χ1v) is 11.9. The molecular formula is C25H27FN8O3. The van der Waals surface area contributed by atoms with E-state index in [1.807, 2.05) is 20.8 Å². The van der Waals surface area contributed by atoms with Crippen molar-refractivity contribution in [3.8, 4) is 0 Å². The molecule has 1 aliphatic rings. The van der Waals surface area contributed by atoms with Crippen molar-refractivity contribution in [2.45, 2.75) is 33.3 Å². The van der Waals surface area contributed by atoms with Crippen molar-refractivity contribution in [3.05, 3.63) is 54.0 Å². The molecule has 0 radical (unpaired) electrons. The number of aromatic nitrogens is 5. The second-order valence-corrected chi connectivity index (χ2v) is 9.89. The van der Waals surface area contributed by atoms with Gasteiger partial charge in [-0.15, -0.1) is 10.2 Å². The van der Waals surface area contributed by atoms with E-state index in [0.717, 1.165) is 5.69 Å². The number of nitrogens with one attached hydrogen (secondary N) is 1. The average molecular weight is 507 g/mol. The van der Waals surface area contributed by atoms with E-state index in [0.29, 0.717) is 42.9 Å². The van der Waals surface area contributed by atoms with E-state index in [1.165, 1.54) is 16.8 Å². The van der Waals surface area contributed by atoms with Crippen LogP contribution < -0.4 is 10.2 Å². The Balaban J connectivity index is 1.37. The van der Waals surface area contributed by atoms with Gasteiger partial charge in [0.15, 0.2) is 11.5 Å². The van der Waals surface area contributed by atoms with Crippen LogP contribution in [0.25, 0.3) is 16.7 Å². The first-order chi connectivity index (χ1) is 17.6. The molecule has 0 saturated carbocycles. The van der Waals surface area contributed by atoms with Crippen LogP contribution in [0.3, 0.4) is 0 Å². The predicted octanol–water partition coefficient (Wildman–Crippen LogP) is 3.43. The van der Waals surface area contributed by atoms with Gasteiger partial charge < -0.3 is 24.3 Å². The molecule has 4 aromatic rings. The summed E-state index contributed by atoms with van der Waals surface area (Å²) in [5, 5.41) is 10.8. The number of hydrogen-bond donors (Lipinski definition) is 1. The van der Waals surface area contributed by atoms with E-state index < -0.39 is 17.3 Å². The van der Waals surface area contributed by atoms with Crippen LogP contribution >= 0.6 is 0 Å². The number of aryl methyl sites for hydroxylation is 1. The number of halogens is 1. The summed E-state index contributed by atoms with van der Waals surface area (Å²) < 4.78 is 21.5. The Kier molecular flexibility index (Phi) is 6.10. The maximum atomic E-state index is 14.5. The molecule has 1 saturated heterocycles. The van der Waals surface area contributed by atoms with Crippen LogP contribution in [0.4, 0.5) is 20.6 Å². The number of piperazine rings is 1. The van der Waals surface area contributed by atoms with E-state index in [1.54, 1.807) is 36.4 Å². The molecule has 1 N–H and O–H groups in total. The fraction of sp³-hybridized carbons (Fsp3) is 0.360. The topological polar surface area (TPSA) is 118 Å². The number of carbonyl (C=O) groups excluding carboxylic acids is 2. The lowest BCUT2D eigenvalue weighted by atomic mass is 10.1. The number of carbonyl (C=O) groups is 2. The minimum absolute atomic E-state index is 0.187. The maximum Gasteiger partial charge on any atom is 0.410 e. The minimum Gasteiger partial charge on any atom is -0.444 e. The van der Waals surface area contributed by atoms with Gasteiger partial charge in [-0.05, 0) is 39.8 Å². The van der Waals surface area contributed by atoms with Gasteiger partial charge in [-0.1, -0.05) is 0 Å². The summed E-state index contributed by atoms with van der Waals surface area (Å²) >= 11 is 0. The standard InChI is InChI=1S/C25H27FN8O3/c1-15-12-34-13-16(11-18(26)22(34)29-15)30-23(35)17-5-6-19(21-20(17)31-28-14-27-21)32-7-9-33(10-8-32)24(36)37-25(2,3)4/h5-6,11-14H,7-10H2,1-4H3,(H,30,35). The first-order valence-electron chi connectivity index (χ1n) is 11.9. The van der Waals surface area contributed by atoms with Gasteiger partial charge in [-0.2, -0.15) is 0 Å². The number of benzene rings is 1. The van der Waals surface area contributed by atoms with Crippen LogP contribution in [-0.4, -0.2) is 73.2 Å². The van der Waals surface area contributed by atoms with Crippen LogP contribution in [0.1, 0.15) is 36.8 Å². The van der Waals surface area contributed by atoms with Gasteiger partial charge in [-0.3, -0.25) is 4.79 Å². The third-order valence-electron chi connectivity index (χ3n) is 5.93. The fourth-order valence-electron chi connectivity index (χ4n) is 4.31. The molecule has 0 spiro atoms. The van der Waals surface area contributed by atoms with Crippen molar-refractivity contribution >= 4 is 40.1 Å². The summed E-state index contributed by atoms with van der Waals surface area (Å²) in [6, 6.07) is 4.68. The van der Waals surface area contributed by atoms with Crippen molar-refractivity contribution in [1.82, 2.24) is 29.5 Å². The number of fused-ring (bicyclic) bond motifs is 2. The number of rotatable bonds is 3. The summed E-state index contributed by atoms with van der Waals surface area (Å²) in [5.74, 6) is -1.01. The lowest BCUT2D eigenvalue weighted by molar-refractivity contribution is 0.0240. The quantitative estimate of drug-likeness (QED) is 0.449. The Morgan fingerprint density at radius 2 is 1.84 bits per heavy atom.